The summed E-state index contributed by atoms with van der Waals surface area (Å²) in [5.41, 5.74) is 1.26. The predicted molar refractivity (Wildman–Crippen MR) is 76.6 cm³/mol. The van der Waals surface area contributed by atoms with Crippen molar-refractivity contribution in [3.63, 3.8) is 0 Å². The molecule has 1 rings (SSSR count). The first kappa shape index (κ1) is 14.5. The van der Waals surface area contributed by atoms with E-state index in [0.717, 1.165) is 18.0 Å². The molecule has 0 fully saturated rings. The zero-order chi connectivity index (χ0) is 12.8. The van der Waals surface area contributed by atoms with E-state index in [-0.39, 0.29) is 0 Å². The molecular formula is C15H24ClN. The fraction of sp³-hybridized carbons (Fsp3) is 0.600. The fourth-order valence-electron chi connectivity index (χ4n) is 1.88. The number of halogens is 1. The Balaban J connectivity index is 2.64. The summed E-state index contributed by atoms with van der Waals surface area (Å²) in [6.45, 7) is 9.99. The minimum atomic E-state index is 0.544. The summed E-state index contributed by atoms with van der Waals surface area (Å²) in [6, 6.07) is 8.70. The Morgan fingerprint density at radius 3 is 2.29 bits per heavy atom. The molecule has 0 aliphatic heterocycles. The van der Waals surface area contributed by atoms with Gasteiger partial charge in [0.15, 0.2) is 0 Å². The van der Waals surface area contributed by atoms with Gasteiger partial charge in [-0.1, -0.05) is 57.5 Å². The zero-order valence-electron chi connectivity index (χ0n) is 11.3. The standard InChI is InChI=1S/C15H24ClN/c1-11(2)14(10-17-12(3)4)9-13-7-5-6-8-15(13)16/h5-8,11-12,14,17H,9-10H2,1-4H3. The Bertz CT molecular complexity index is 333. The fourth-order valence-corrected chi connectivity index (χ4v) is 2.09. The summed E-state index contributed by atoms with van der Waals surface area (Å²) in [7, 11) is 0. The second kappa shape index (κ2) is 7.03. The van der Waals surface area contributed by atoms with E-state index in [1.165, 1.54) is 5.56 Å². The van der Waals surface area contributed by atoms with Crippen LogP contribution in [0.25, 0.3) is 0 Å². The van der Waals surface area contributed by atoms with E-state index < -0.39 is 0 Å². The van der Waals surface area contributed by atoms with Crippen LogP contribution in [0.4, 0.5) is 0 Å². The molecule has 0 radical (unpaired) electrons. The Labute approximate surface area is 111 Å². The molecule has 1 atom stereocenters. The van der Waals surface area contributed by atoms with E-state index in [2.05, 4.69) is 45.1 Å². The maximum atomic E-state index is 6.22. The summed E-state index contributed by atoms with van der Waals surface area (Å²) < 4.78 is 0. The summed E-state index contributed by atoms with van der Waals surface area (Å²) in [5.74, 6) is 1.30. The average molecular weight is 254 g/mol. The Kier molecular flexibility index (Phi) is 6.01. The number of benzene rings is 1. The minimum Gasteiger partial charge on any atom is -0.314 e. The van der Waals surface area contributed by atoms with E-state index in [1.54, 1.807) is 0 Å². The van der Waals surface area contributed by atoms with Crippen LogP contribution in [0.1, 0.15) is 33.3 Å². The van der Waals surface area contributed by atoms with Crippen LogP contribution in [0.2, 0.25) is 5.02 Å². The third-order valence-electron chi connectivity index (χ3n) is 3.17. The summed E-state index contributed by atoms with van der Waals surface area (Å²) in [5, 5.41) is 4.41. The highest BCUT2D eigenvalue weighted by molar-refractivity contribution is 6.31. The molecule has 0 aliphatic rings. The molecule has 1 aromatic rings. The molecule has 96 valence electrons. The topological polar surface area (TPSA) is 12.0 Å². The van der Waals surface area contributed by atoms with Gasteiger partial charge >= 0.3 is 0 Å². The lowest BCUT2D eigenvalue weighted by Gasteiger charge is -2.23. The molecule has 1 aromatic carbocycles. The van der Waals surface area contributed by atoms with Crippen molar-refractivity contribution in [2.24, 2.45) is 11.8 Å². The molecule has 0 heterocycles. The van der Waals surface area contributed by atoms with Crippen molar-refractivity contribution in [1.29, 1.82) is 0 Å². The van der Waals surface area contributed by atoms with E-state index in [0.29, 0.717) is 17.9 Å². The third-order valence-corrected chi connectivity index (χ3v) is 3.54. The van der Waals surface area contributed by atoms with Gasteiger partial charge in [-0.3, -0.25) is 0 Å². The first-order chi connectivity index (χ1) is 8.00. The first-order valence-corrected chi connectivity index (χ1v) is 6.85. The van der Waals surface area contributed by atoms with Crippen molar-refractivity contribution < 1.29 is 0 Å². The lowest BCUT2D eigenvalue weighted by Crippen LogP contribution is -2.32. The van der Waals surface area contributed by atoms with Gasteiger partial charge < -0.3 is 5.32 Å². The number of rotatable bonds is 6. The molecule has 0 spiro atoms. The zero-order valence-corrected chi connectivity index (χ0v) is 12.1. The van der Waals surface area contributed by atoms with Crippen LogP contribution in [0.15, 0.2) is 24.3 Å². The largest absolute Gasteiger partial charge is 0.314 e. The van der Waals surface area contributed by atoms with Crippen molar-refractivity contribution in [3.8, 4) is 0 Å². The van der Waals surface area contributed by atoms with Gasteiger partial charge in [0.05, 0.1) is 0 Å². The summed E-state index contributed by atoms with van der Waals surface area (Å²) in [6.07, 6.45) is 1.05. The van der Waals surface area contributed by atoms with Gasteiger partial charge in [-0.05, 0) is 36.4 Å². The van der Waals surface area contributed by atoms with E-state index in [9.17, 15) is 0 Å². The Morgan fingerprint density at radius 2 is 1.76 bits per heavy atom. The van der Waals surface area contributed by atoms with Gasteiger partial charge in [-0.15, -0.1) is 0 Å². The number of nitrogens with one attached hydrogen (secondary N) is 1. The molecule has 1 nitrogen and oxygen atoms in total. The summed E-state index contributed by atoms with van der Waals surface area (Å²) >= 11 is 6.22. The number of hydrogen-bond donors (Lipinski definition) is 1. The predicted octanol–water partition coefficient (Wildman–Crippen LogP) is 4.15. The van der Waals surface area contributed by atoms with Crippen LogP contribution in [-0.4, -0.2) is 12.6 Å². The van der Waals surface area contributed by atoms with Crippen LogP contribution in [-0.2, 0) is 6.42 Å². The quantitative estimate of drug-likeness (QED) is 0.803. The van der Waals surface area contributed by atoms with Crippen molar-refractivity contribution >= 4 is 11.6 Å². The summed E-state index contributed by atoms with van der Waals surface area (Å²) in [4.78, 5) is 0. The first-order valence-electron chi connectivity index (χ1n) is 6.47. The molecule has 0 aromatic heterocycles. The minimum absolute atomic E-state index is 0.544. The molecular weight excluding hydrogens is 230 g/mol. The molecule has 1 unspecified atom stereocenters. The molecule has 0 saturated carbocycles. The monoisotopic (exact) mass is 253 g/mol. The second-order valence-electron chi connectivity index (χ2n) is 5.36. The van der Waals surface area contributed by atoms with Crippen LogP contribution >= 0.6 is 11.6 Å². The lowest BCUT2D eigenvalue weighted by atomic mass is 9.89. The van der Waals surface area contributed by atoms with Crippen LogP contribution in [0.5, 0.6) is 0 Å². The Morgan fingerprint density at radius 1 is 1.12 bits per heavy atom. The molecule has 17 heavy (non-hydrogen) atoms. The van der Waals surface area contributed by atoms with Crippen molar-refractivity contribution in [2.45, 2.75) is 40.2 Å². The second-order valence-corrected chi connectivity index (χ2v) is 5.77. The van der Waals surface area contributed by atoms with Crippen molar-refractivity contribution in [3.05, 3.63) is 34.9 Å². The third kappa shape index (κ3) is 5.10. The van der Waals surface area contributed by atoms with Crippen LogP contribution in [0.3, 0.4) is 0 Å². The lowest BCUT2D eigenvalue weighted by molar-refractivity contribution is 0.349. The highest BCUT2D eigenvalue weighted by atomic mass is 35.5. The van der Waals surface area contributed by atoms with E-state index >= 15 is 0 Å². The maximum Gasteiger partial charge on any atom is 0.0438 e. The van der Waals surface area contributed by atoms with E-state index in [1.807, 2.05) is 12.1 Å². The van der Waals surface area contributed by atoms with Gasteiger partial charge in [0.1, 0.15) is 0 Å². The Hall–Kier alpha value is -0.530. The SMILES string of the molecule is CC(C)NCC(Cc1ccccc1Cl)C(C)C. The van der Waals surface area contributed by atoms with Gasteiger partial charge in [0.25, 0.3) is 0 Å². The van der Waals surface area contributed by atoms with Gasteiger partial charge in [-0.2, -0.15) is 0 Å². The molecule has 2 heteroatoms. The highest BCUT2D eigenvalue weighted by Crippen LogP contribution is 2.22. The average Bonchev–Trinajstić information content (AvgIpc) is 2.25. The van der Waals surface area contributed by atoms with Crippen molar-refractivity contribution in [2.75, 3.05) is 6.54 Å². The van der Waals surface area contributed by atoms with Gasteiger partial charge in [0.2, 0.25) is 0 Å². The molecule has 0 aliphatic carbocycles. The van der Waals surface area contributed by atoms with E-state index in [4.69, 9.17) is 11.6 Å². The smallest absolute Gasteiger partial charge is 0.0438 e. The van der Waals surface area contributed by atoms with Crippen molar-refractivity contribution in [1.82, 2.24) is 5.32 Å². The number of hydrogen-bond acceptors (Lipinski definition) is 1. The normalized spacial score (nSPS) is 13.4. The molecule has 0 amide bonds. The van der Waals surface area contributed by atoms with Crippen LogP contribution < -0.4 is 5.32 Å². The molecule has 0 saturated heterocycles. The highest BCUT2D eigenvalue weighted by Gasteiger charge is 2.15. The van der Waals surface area contributed by atoms with Gasteiger partial charge in [0, 0.05) is 11.1 Å². The maximum absolute atomic E-state index is 6.22. The molecule has 0 bridgehead atoms. The van der Waals surface area contributed by atoms with Crippen LogP contribution in [0, 0.1) is 11.8 Å². The molecule has 1 N–H and O–H groups in total. The van der Waals surface area contributed by atoms with Gasteiger partial charge in [-0.25, -0.2) is 0 Å².